The molecule has 0 saturated carbocycles. The van der Waals surface area contributed by atoms with Gasteiger partial charge < -0.3 is 10.8 Å². The Morgan fingerprint density at radius 3 is 2.67 bits per heavy atom. The summed E-state index contributed by atoms with van der Waals surface area (Å²) in [5.41, 5.74) is 6.31. The monoisotopic (exact) mass is 273 g/mol. The highest BCUT2D eigenvalue weighted by atomic mass is 35.5. The summed E-state index contributed by atoms with van der Waals surface area (Å²) in [7, 11) is 0. The average Bonchev–Trinajstić information content (AvgIpc) is 2.28. The predicted octanol–water partition coefficient (Wildman–Crippen LogP) is 3.46. The Morgan fingerprint density at radius 1 is 1.44 bits per heavy atom. The Kier molecular flexibility index (Phi) is 6.06. The summed E-state index contributed by atoms with van der Waals surface area (Å²) in [6, 6.07) is 4.36. The number of nitrogens with two attached hydrogens (primary N) is 1. The van der Waals surface area contributed by atoms with Crippen LogP contribution in [0.5, 0.6) is 0 Å². The normalized spacial score (nSPS) is 16.3. The molecule has 3 unspecified atom stereocenters. The molecule has 0 fully saturated rings. The number of hydrogen-bond donors (Lipinski definition) is 2. The van der Waals surface area contributed by atoms with Crippen molar-refractivity contribution in [2.75, 3.05) is 0 Å². The molecule has 102 valence electrons. The van der Waals surface area contributed by atoms with Crippen molar-refractivity contribution < 1.29 is 9.50 Å². The molecule has 0 amide bonds. The summed E-state index contributed by atoms with van der Waals surface area (Å²) >= 11 is 6.00. The molecule has 1 rings (SSSR count). The van der Waals surface area contributed by atoms with E-state index >= 15 is 0 Å². The highest BCUT2D eigenvalue weighted by Crippen LogP contribution is 2.30. The highest BCUT2D eigenvalue weighted by molar-refractivity contribution is 6.31. The SMILES string of the molecule is CCCC(N)C(O)CC(C)c1c(F)cccc1Cl. The van der Waals surface area contributed by atoms with Crippen LogP contribution in [0.2, 0.25) is 5.02 Å². The molecule has 4 heteroatoms. The summed E-state index contributed by atoms with van der Waals surface area (Å²) in [6.45, 7) is 3.87. The molecule has 0 aromatic heterocycles. The molecule has 0 aliphatic heterocycles. The summed E-state index contributed by atoms with van der Waals surface area (Å²) in [6.07, 6.45) is 1.48. The van der Waals surface area contributed by atoms with E-state index in [0.717, 1.165) is 12.8 Å². The molecular formula is C14H21ClFNO. The molecule has 0 spiro atoms. The zero-order valence-electron chi connectivity index (χ0n) is 10.9. The topological polar surface area (TPSA) is 46.2 Å². The van der Waals surface area contributed by atoms with Gasteiger partial charge in [-0.05, 0) is 30.9 Å². The Labute approximate surface area is 113 Å². The maximum atomic E-state index is 13.7. The third-order valence-electron chi connectivity index (χ3n) is 3.20. The molecule has 0 bridgehead atoms. The van der Waals surface area contributed by atoms with E-state index < -0.39 is 6.10 Å². The zero-order chi connectivity index (χ0) is 13.7. The van der Waals surface area contributed by atoms with Crippen LogP contribution < -0.4 is 5.73 Å². The van der Waals surface area contributed by atoms with Crippen LogP contribution in [0.3, 0.4) is 0 Å². The molecule has 18 heavy (non-hydrogen) atoms. The minimum absolute atomic E-state index is 0.156. The van der Waals surface area contributed by atoms with Crippen molar-refractivity contribution in [3.8, 4) is 0 Å². The van der Waals surface area contributed by atoms with Gasteiger partial charge in [0.25, 0.3) is 0 Å². The van der Waals surface area contributed by atoms with Crippen molar-refractivity contribution in [2.45, 2.75) is 51.2 Å². The second-order valence-electron chi connectivity index (χ2n) is 4.79. The Bertz CT molecular complexity index is 366. The van der Waals surface area contributed by atoms with Gasteiger partial charge in [-0.1, -0.05) is 37.9 Å². The molecule has 3 atom stereocenters. The van der Waals surface area contributed by atoms with Gasteiger partial charge in [0.05, 0.1) is 6.10 Å². The van der Waals surface area contributed by atoms with E-state index in [-0.39, 0.29) is 17.8 Å². The minimum atomic E-state index is -0.629. The van der Waals surface area contributed by atoms with Gasteiger partial charge in [-0.3, -0.25) is 0 Å². The standard InChI is InChI=1S/C14H21ClFNO/c1-3-5-12(17)13(18)8-9(2)14-10(15)6-4-7-11(14)16/h4,6-7,9,12-13,18H,3,5,8,17H2,1-2H3. The van der Waals surface area contributed by atoms with E-state index in [0.29, 0.717) is 17.0 Å². The smallest absolute Gasteiger partial charge is 0.128 e. The first-order valence-corrected chi connectivity index (χ1v) is 6.72. The molecule has 0 heterocycles. The van der Waals surface area contributed by atoms with Gasteiger partial charge in [-0.15, -0.1) is 0 Å². The fourth-order valence-corrected chi connectivity index (χ4v) is 2.51. The maximum Gasteiger partial charge on any atom is 0.128 e. The van der Waals surface area contributed by atoms with Gasteiger partial charge in [0.1, 0.15) is 5.82 Å². The van der Waals surface area contributed by atoms with Crippen LogP contribution in [-0.4, -0.2) is 17.3 Å². The van der Waals surface area contributed by atoms with Crippen molar-refractivity contribution in [1.82, 2.24) is 0 Å². The third kappa shape index (κ3) is 3.94. The van der Waals surface area contributed by atoms with E-state index in [4.69, 9.17) is 17.3 Å². The molecule has 0 aliphatic carbocycles. The number of benzene rings is 1. The van der Waals surface area contributed by atoms with Crippen LogP contribution in [0, 0.1) is 5.82 Å². The summed E-state index contributed by atoms with van der Waals surface area (Å²) in [5.74, 6) is -0.483. The molecule has 2 nitrogen and oxygen atoms in total. The summed E-state index contributed by atoms with van der Waals surface area (Å²) in [5, 5.41) is 10.4. The van der Waals surface area contributed by atoms with Gasteiger partial charge >= 0.3 is 0 Å². The van der Waals surface area contributed by atoms with Crippen LogP contribution in [0.4, 0.5) is 4.39 Å². The summed E-state index contributed by atoms with van der Waals surface area (Å²) < 4.78 is 13.7. The second kappa shape index (κ2) is 7.07. The fourth-order valence-electron chi connectivity index (χ4n) is 2.16. The number of rotatable bonds is 6. The summed E-state index contributed by atoms with van der Waals surface area (Å²) in [4.78, 5) is 0. The number of aliphatic hydroxyl groups is 1. The Balaban J connectivity index is 2.73. The molecule has 0 radical (unpaired) electrons. The lowest BCUT2D eigenvalue weighted by atomic mass is 9.91. The van der Waals surface area contributed by atoms with Gasteiger partial charge in [-0.25, -0.2) is 4.39 Å². The second-order valence-corrected chi connectivity index (χ2v) is 5.20. The van der Waals surface area contributed by atoms with Crippen LogP contribution in [0.1, 0.15) is 44.6 Å². The molecule has 1 aromatic carbocycles. The average molecular weight is 274 g/mol. The molecule has 0 saturated heterocycles. The maximum absolute atomic E-state index is 13.7. The van der Waals surface area contributed by atoms with E-state index in [2.05, 4.69) is 0 Å². The molecular weight excluding hydrogens is 253 g/mol. The quantitative estimate of drug-likeness (QED) is 0.834. The zero-order valence-corrected chi connectivity index (χ0v) is 11.6. The number of halogens is 2. The van der Waals surface area contributed by atoms with Gasteiger partial charge in [0.2, 0.25) is 0 Å². The first-order valence-electron chi connectivity index (χ1n) is 6.34. The van der Waals surface area contributed by atoms with Crippen molar-refractivity contribution in [3.63, 3.8) is 0 Å². The van der Waals surface area contributed by atoms with Gasteiger partial charge in [0.15, 0.2) is 0 Å². The van der Waals surface area contributed by atoms with Crippen molar-refractivity contribution in [1.29, 1.82) is 0 Å². The van der Waals surface area contributed by atoms with E-state index in [1.807, 2.05) is 13.8 Å². The third-order valence-corrected chi connectivity index (χ3v) is 3.53. The van der Waals surface area contributed by atoms with Gasteiger partial charge in [0, 0.05) is 16.6 Å². The molecule has 0 aliphatic rings. The van der Waals surface area contributed by atoms with E-state index in [1.54, 1.807) is 12.1 Å². The largest absolute Gasteiger partial charge is 0.391 e. The number of aliphatic hydroxyl groups excluding tert-OH is 1. The Morgan fingerprint density at radius 2 is 2.11 bits per heavy atom. The lowest BCUT2D eigenvalue weighted by molar-refractivity contribution is 0.123. The lowest BCUT2D eigenvalue weighted by Gasteiger charge is -2.22. The van der Waals surface area contributed by atoms with E-state index in [1.165, 1.54) is 6.07 Å². The molecule has 1 aromatic rings. The lowest BCUT2D eigenvalue weighted by Crippen LogP contribution is -2.35. The first-order chi connectivity index (χ1) is 8.47. The molecule has 3 N–H and O–H groups in total. The number of hydrogen-bond acceptors (Lipinski definition) is 2. The Hall–Kier alpha value is -0.640. The van der Waals surface area contributed by atoms with Crippen molar-refractivity contribution in [2.24, 2.45) is 5.73 Å². The van der Waals surface area contributed by atoms with Crippen LogP contribution in [0.25, 0.3) is 0 Å². The fraction of sp³-hybridized carbons (Fsp3) is 0.571. The van der Waals surface area contributed by atoms with Crippen LogP contribution >= 0.6 is 11.6 Å². The highest BCUT2D eigenvalue weighted by Gasteiger charge is 2.21. The van der Waals surface area contributed by atoms with Gasteiger partial charge in [-0.2, -0.15) is 0 Å². The first kappa shape index (κ1) is 15.4. The van der Waals surface area contributed by atoms with Crippen molar-refractivity contribution in [3.05, 3.63) is 34.6 Å². The van der Waals surface area contributed by atoms with Crippen LogP contribution in [0.15, 0.2) is 18.2 Å². The van der Waals surface area contributed by atoms with Crippen LogP contribution in [-0.2, 0) is 0 Å². The predicted molar refractivity (Wildman–Crippen MR) is 73.3 cm³/mol. The van der Waals surface area contributed by atoms with Crippen molar-refractivity contribution >= 4 is 11.6 Å². The minimum Gasteiger partial charge on any atom is -0.391 e. The van der Waals surface area contributed by atoms with E-state index in [9.17, 15) is 9.50 Å².